The third-order valence-corrected chi connectivity index (χ3v) is 7.74. The molecule has 1 aromatic carbocycles. The van der Waals surface area contributed by atoms with Crippen LogP contribution in [0.5, 0.6) is 0 Å². The van der Waals surface area contributed by atoms with Gasteiger partial charge in [-0.3, -0.25) is 0 Å². The van der Waals surface area contributed by atoms with Crippen molar-refractivity contribution in [2.75, 3.05) is 61.5 Å². The molecule has 1 saturated heterocycles. The monoisotopic (exact) mass is 571 g/mol. The van der Waals surface area contributed by atoms with Gasteiger partial charge in [-0.25, -0.2) is 24.9 Å². The van der Waals surface area contributed by atoms with Crippen molar-refractivity contribution in [1.29, 1.82) is 0 Å². The van der Waals surface area contributed by atoms with Gasteiger partial charge < -0.3 is 14.9 Å². The standard InChI is InChI=1S/C31H40N9O2/c1-6-7-8-16-39-22-26(35-42)25-21-37(5)30(32-23-12-14-24(15-13-23)38-19-17-36(4)18-20-38)34-29(25)40(39)28-11-9-10-27(33-28)31(2,3)41/h6,9-15,21,41H,1,7-8,16-20,22H2,2-5H3/q+1/p+1. The third kappa shape index (κ3) is 6.34. The van der Waals surface area contributed by atoms with E-state index in [9.17, 15) is 10.0 Å². The quantitative estimate of drug-likeness (QED) is 0.174. The normalized spacial score (nSPS) is 16.3. The molecule has 0 aliphatic carbocycles. The Hall–Kier alpha value is -4.15. The van der Waals surface area contributed by atoms with Crippen LogP contribution in [0.2, 0.25) is 0 Å². The first-order valence-corrected chi connectivity index (χ1v) is 14.4. The molecule has 0 saturated carbocycles. The maximum Gasteiger partial charge on any atom is 0.403 e. The molecule has 2 N–H and O–H groups in total. The molecule has 11 heteroatoms. The van der Waals surface area contributed by atoms with Crippen molar-refractivity contribution in [2.45, 2.75) is 32.3 Å². The van der Waals surface area contributed by atoms with E-state index in [4.69, 9.17) is 9.97 Å². The van der Waals surface area contributed by atoms with Gasteiger partial charge in [-0.1, -0.05) is 17.1 Å². The predicted octanol–water partition coefficient (Wildman–Crippen LogP) is 2.98. The van der Waals surface area contributed by atoms with Crippen LogP contribution in [0.1, 0.15) is 37.9 Å². The second kappa shape index (κ2) is 12.4. The number of nitroso groups, excluding NO2 is 1. The summed E-state index contributed by atoms with van der Waals surface area (Å²) in [6, 6.07) is 14.0. The lowest BCUT2D eigenvalue weighted by molar-refractivity contribution is -0.659. The van der Waals surface area contributed by atoms with Crippen molar-refractivity contribution in [3.05, 3.63) is 77.5 Å². The van der Waals surface area contributed by atoms with Gasteiger partial charge in [0.25, 0.3) is 0 Å². The molecule has 220 valence electrons. The Balaban J connectivity index is 1.51. The summed E-state index contributed by atoms with van der Waals surface area (Å²) in [5, 5.41) is 18.1. The fourth-order valence-corrected chi connectivity index (χ4v) is 5.26. The maximum atomic E-state index is 12.0. The van der Waals surface area contributed by atoms with E-state index in [2.05, 4.69) is 57.9 Å². The number of fused-ring (bicyclic) bond motifs is 1. The second-order valence-corrected chi connectivity index (χ2v) is 11.5. The molecular formula is C31H41N9O2+2. The maximum absolute atomic E-state index is 12.0. The highest BCUT2D eigenvalue weighted by atomic mass is 16.3. The number of nitrogens with one attached hydrogen (secondary N) is 1. The Morgan fingerprint density at radius 3 is 2.52 bits per heavy atom. The number of aromatic nitrogens is 3. The highest BCUT2D eigenvalue weighted by Gasteiger charge is 2.42. The van der Waals surface area contributed by atoms with Gasteiger partial charge in [0.05, 0.1) is 24.6 Å². The molecule has 0 radical (unpaired) electrons. The van der Waals surface area contributed by atoms with Crippen molar-refractivity contribution in [3.8, 4) is 0 Å². The van der Waals surface area contributed by atoms with Crippen LogP contribution < -0.4 is 24.6 Å². The topological polar surface area (TPSA) is 106 Å². The highest BCUT2D eigenvalue weighted by molar-refractivity contribution is 6.06. The fourth-order valence-electron chi connectivity index (χ4n) is 5.26. The number of unbranched alkanes of at least 4 members (excludes halogenated alkanes) is 1. The van der Waals surface area contributed by atoms with Crippen LogP contribution in [0.3, 0.4) is 0 Å². The number of benzene rings is 1. The first-order chi connectivity index (χ1) is 20.2. The number of nitrogens with zero attached hydrogens (tertiary/aromatic N) is 8. The lowest BCUT2D eigenvalue weighted by Crippen LogP contribution is -2.50. The highest BCUT2D eigenvalue weighted by Crippen LogP contribution is 2.33. The summed E-state index contributed by atoms with van der Waals surface area (Å²) in [5.74, 6) is 1.75. The Kier molecular flexibility index (Phi) is 8.65. The molecule has 0 bridgehead atoms. The van der Waals surface area contributed by atoms with Crippen molar-refractivity contribution in [2.24, 2.45) is 7.05 Å². The number of piperazine rings is 1. The molecule has 11 nitrogen and oxygen atoms in total. The van der Waals surface area contributed by atoms with Gasteiger partial charge in [0.1, 0.15) is 12.1 Å². The smallest absolute Gasteiger partial charge is 0.384 e. The average molecular weight is 572 g/mol. The summed E-state index contributed by atoms with van der Waals surface area (Å²) in [5.41, 5.74) is 2.57. The van der Waals surface area contributed by atoms with E-state index < -0.39 is 5.60 Å². The zero-order valence-corrected chi connectivity index (χ0v) is 25.0. The van der Waals surface area contributed by atoms with Crippen LogP contribution in [0.25, 0.3) is 0 Å². The number of pyridine rings is 1. The van der Waals surface area contributed by atoms with Gasteiger partial charge in [0.2, 0.25) is 10.7 Å². The molecular weight excluding hydrogens is 530 g/mol. The van der Waals surface area contributed by atoms with Crippen LogP contribution in [-0.2, 0) is 12.6 Å². The fraction of sp³-hybridized carbons (Fsp3) is 0.419. The number of hydrogen-bond acceptors (Lipinski definition) is 9. The van der Waals surface area contributed by atoms with Gasteiger partial charge in [-0.05, 0) is 70.1 Å². The van der Waals surface area contributed by atoms with Gasteiger partial charge in [0, 0.05) is 38.4 Å². The number of hydrogen-bond donors (Lipinski definition) is 2. The summed E-state index contributed by atoms with van der Waals surface area (Å²) in [6.07, 6.45) is 5.42. The molecule has 2 aliphatic rings. The molecule has 5 rings (SSSR count). The van der Waals surface area contributed by atoms with Crippen LogP contribution in [0, 0.1) is 4.91 Å². The molecule has 0 spiro atoms. The van der Waals surface area contributed by atoms with E-state index in [0.717, 1.165) is 44.7 Å². The van der Waals surface area contributed by atoms with E-state index in [1.807, 2.05) is 46.0 Å². The summed E-state index contributed by atoms with van der Waals surface area (Å²) in [4.78, 5) is 30.0. The Bertz CT molecular complexity index is 1470. The minimum atomic E-state index is -1.12. The Morgan fingerprint density at radius 1 is 1.12 bits per heavy atom. The van der Waals surface area contributed by atoms with Gasteiger partial charge in [-0.15, -0.1) is 6.58 Å². The number of hydrazine groups is 1. The summed E-state index contributed by atoms with van der Waals surface area (Å²) >= 11 is 0. The van der Waals surface area contributed by atoms with E-state index in [0.29, 0.717) is 47.6 Å². The molecule has 1 fully saturated rings. The van der Waals surface area contributed by atoms with Crippen molar-refractivity contribution < 1.29 is 9.67 Å². The number of allylic oxidation sites excluding steroid dienone is 1. The minimum absolute atomic E-state index is 0.310. The number of anilines is 5. The third-order valence-electron chi connectivity index (χ3n) is 7.74. The predicted molar refractivity (Wildman–Crippen MR) is 167 cm³/mol. The van der Waals surface area contributed by atoms with Gasteiger partial charge in [0.15, 0.2) is 16.3 Å². The molecule has 0 unspecified atom stereocenters. The zero-order valence-electron chi connectivity index (χ0n) is 25.0. The number of aryl methyl sites for hydroxylation is 1. The SMILES string of the molecule is C=CCCCN1CC(=[N+]=O)c2c[n+](C)c(Nc3ccc(N4CCN(C)CC4)cc3)nc2N1c1cccc(C(C)(C)O)n1. The van der Waals surface area contributed by atoms with Crippen molar-refractivity contribution >= 4 is 34.7 Å². The molecule has 42 heavy (non-hydrogen) atoms. The van der Waals surface area contributed by atoms with E-state index in [1.165, 1.54) is 5.69 Å². The largest absolute Gasteiger partial charge is 0.403 e. The van der Waals surface area contributed by atoms with Crippen molar-refractivity contribution in [1.82, 2.24) is 24.7 Å². The van der Waals surface area contributed by atoms with E-state index in [-0.39, 0.29) is 0 Å². The number of rotatable bonds is 9. The molecule has 2 aliphatic heterocycles. The first-order valence-electron chi connectivity index (χ1n) is 14.4. The molecule has 4 heterocycles. The molecule has 3 aromatic rings. The van der Waals surface area contributed by atoms with Crippen LogP contribution in [0.15, 0.2) is 61.3 Å². The Morgan fingerprint density at radius 2 is 1.86 bits per heavy atom. The molecule has 0 atom stereocenters. The number of likely N-dealkylation sites (N-methyl/N-ethyl adjacent to an activating group) is 1. The zero-order chi connectivity index (χ0) is 29.9. The molecule has 0 amide bonds. The summed E-state index contributed by atoms with van der Waals surface area (Å²) in [6.45, 7) is 12.3. The van der Waals surface area contributed by atoms with Crippen LogP contribution in [0.4, 0.5) is 29.0 Å². The lowest BCUT2D eigenvalue weighted by Gasteiger charge is -2.36. The Labute approximate surface area is 247 Å². The van der Waals surface area contributed by atoms with Gasteiger partial charge >= 0.3 is 11.7 Å². The van der Waals surface area contributed by atoms with E-state index in [1.54, 1.807) is 19.9 Å². The first kappa shape index (κ1) is 29.3. The average Bonchev–Trinajstić information content (AvgIpc) is 2.98. The van der Waals surface area contributed by atoms with Crippen LogP contribution >= 0.6 is 0 Å². The van der Waals surface area contributed by atoms with Crippen molar-refractivity contribution in [3.63, 3.8) is 0 Å². The lowest BCUT2D eigenvalue weighted by atomic mass is 10.0. The second-order valence-electron chi connectivity index (χ2n) is 11.5. The van der Waals surface area contributed by atoms with Crippen LogP contribution in [-0.4, -0.2) is 77.0 Å². The summed E-state index contributed by atoms with van der Waals surface area (Å²) < 4.78 is 1.87. The number of aliphatic hydroxyl groups is 1. The summed E-state index contributed by atoms with van der Waals surface area (Å²) in [7, 11) is 4.05. The minimum Gasteiger partial charge on any atom is -0.384 e. The van der Waals surface area contributed by atoms with E-state index >= 15 is 0 Å². The van der Waals surface area contributed by atoms with Gasteiger partial charge in [-0.2, -0.15) is 0 Å². The molecule has 2 aromatic heterocycles.